The van der Waals surface area contributed by atoms with Crippen LogP contribution in [-0.2, 0) is 6.54 Å². The third-order valence-electron chi connectivity index (χ3n) is 2.20. The van der Waals surface area contributed by atoms with Gasteiger partial charge in [0.2, 0.25) is 0 Å². The molecule has 0 saturated heterocycles. The molecule has 15 heavy (non-hydrogen) atoms. The highest BCUT2D eigenvalue weighted by Gasteiger charge is 2.11. The number of carboxylic acids is 1. The molecule has 0 amide bonds. The van der Waals surface area contributed by atoms with Crippen molar-refractivity contribution in [2.75, 3.05) is 11.5 Å². The molecule has 0 saturated carbocycles. The number of rotatable bonds is 6. The van der Waals surface area contributed by atoms with Gasteiger partial charge in [0.1, 0.15) is 5.56 Å². The first kappa shape index (κ1) is 12.1. The van der Waals surface area contributed by atoms with Crippen molar-refractivity contribution in [3.05, 3.63) is 17.5 Å². The Morgan fingerprint density at radius 3 is 2.93 bits per heavy atom. The largest absolute Gasteiger partial charge is 0.478 e. The molecule has 0 fully saturated rings. The molecule has 0 aliphatic heterocycles. The van der Waals surface area contributed by atoms with E-state index in [4.69, 9.17) is 5.11 Å². The van der Waals surface area contributed by atoms with Crippen molar-refractivity contribution in [3.63, 3.8) is 0 Å². The zero-order valence-electron chi connectivity index (χ0n) is 9.06. The Bertz CT molecular complexity index is 336. The number of thioether (sulfide) groups is 1. The predicted octanol–water partition coefficient (Wildman–Crippen LogP) is 2.03. The van der Waals surface area contributed by atoms with Crippen LogP contribution in [0.15, 0.2) is 6.20 Å². The van der Waals surface area contributed by atoms with Gasteiger partial charge in [0.15, 0.2) is 0 Å². The fourth-order valence-electron chi connectivity index (χ4n) is 1.34. The van der Waals surface area contributed by atoms with Gasteiger partial charge in [-0.15, -0.1) is 0 Å². The Hall–Kier alpha value is -0.970. The zero-order chi connectivity index (χ0) is 11.3. The van der Waals surface area contributed by atoms with E-state index in [1.807, 2.05) is 11.8 Å². The molecule has 5 heteroatoms. The van der Waals surface area contributed by atoms with Gasteiger partial charge in [-0.2, -0.15) is 16.9 Å². The molecule has 1 aromatic heterocycles. The number of hydrogen-bond acceptors (Lipinski definition) is 3. The van der Waals surface area contributed by atoms with Crippen molar-refractivity contribution in [2.45, 2.75) is 26.8 Å². The molecule has 4 nitrogen and oxygen atoms in total. The monoisotopic (exact) mass is 228 g/mol. The lowest BCUT2D eigenvalue weighted by Crippen LogP contribution is -2.05. The number of carboxylic acid groups (broad SMARTS) is 1. The average molecular weight is 228 g/mol. The van der Waals surface area contributed by atoms with Gasteiger partial charge in [0.05, 0.1) is 6.20 Å². The maximum Gasteiger partial charge on any atom is 0.339 e. The van der Waals surface area contributed by atoms with Gasteiger partial charge < -0.3 is 5.11 Å². The number of carbonyl (C=O) groups is 1. The van der Waals surface area contributed by atoms with Crippen LogP contribution in [0.2, 0.25) is 0 Å². The second kappa shape index (κ2) is 5.80. The Morgan fingerprint density at radius 2 is 2.40 bits per heavy atom. The quantitative estimate of drug-likeness (QED) is 0.757. The second-order valence-electron chi connectivity index (χ2n) is 3.22. The van der Waals surface area contributed by atoms with Crippen molar-refractivity contribution in [3.8, 4) is 0 Å². The molecule has 0 unspecified atom stereocenters. The van der Waals surface area contributed by atoms with Crippen LogP contribution >= 0.6 is 11.8 Å². The number of aromatic nitrogens is 2. The zero-order valence-corrected chi connectivity index (χ0v) is 9.88. The Morgan fingerprint density at radius 1 is 1.67 bits per heavy atom. The van der Waals surface area contributed by atoms with E-state index >= 15 is 0 Å². The molecule has 0 bridgehead atoms. The van der Waals surface area contributed by atoms with E-state index in [1.165, 1.54) is 6.20 Å². The minimum atomic E-state index is -0.901. The van der Waals surface area contributed by atoms with Crippen LogP contribution in [0.25, 0.3) is 0 Å². The van der Waals surface area contributed by atoms with Crippen molar-refractivity contribution >= 4 is 17.7 Å². The summed E-state index contributed by atoms with van der Waals surface area (Å²) in [5.41, 5.74) is 1.04. The summed E-state index contributed by atoms with van der Waals surface area (Å²) in [6, 6.07) is 0. The van der Waals surface area contributed by atoms with Gasteiger partial charge in [-0.3, -0.25) is 4.68 Å². The Kier molecular flexibility index (Phi) is 4.68. The molecule has 0 atom stereocenters. The van der Waals surface area contributed by atoms with Crippen LogP contribution in [0, 0.1) is 6.92 Å². The minimum absolute atomic E-state index is 0.304. The molecule has 0 aliphatic rings. The first-order valence-electron chi connectivity index (χ1n) is 5.00. The van der Waals surface area contributed by atoms with Crippen molar-refractivity contribution in [1.29, 1.82) is 0 Å². The molecule has 1 aromatic rings. The highest BCUT2D eigenvalue weighted by atomic mass is 32.2. The van der Waals surface area contributed by atoms with Gasteiger partial charge >= 0.3 is 5.97 Å². The van der Waals surface area contributed by atoms with Gasteiger partial charge in [0.25, 0.3) is 0 Å². The van der Waals surface area contributed by atoms with E-state index in [2.05, 4.69) is 12.0 Å². The smallest absolute Gasteiger partial charge is 0.339 e. The fourth-order valence-corrected chi connectivity index (χ4v) is 1.96. The average Bonchev–Trinajstić information content (AvgIpc) is 2.55. The third kappa shape index (κ3) is 3.27. The summed E-state index contributed by atoms with van der Waals surface area (Å²) in [7, 11) is 0. The third-order valence-corrected chi connectivity index (χ3v) is 3.18. The topological polar surface area (TPSA) is 55.1 Å². The molecule has 1 rings (SSSR count). The van der Waals surface area contributed by atoms with E-state index in [0.717, 1.165) is 30.2 Å². The molecular formula is C10H16N2O2S. The van der Waals surface area contributed by atoms with Gasteiger partial charge in [-0.1, -0.05) is 6.92 Å². The SMILES string of the molecule is CCSCCCn1ncc(C(=O)O)c1C. The van der Waals surface area contributed by atoms with Crippen LogP contribution < -0.4 is 0 Å². The van der Waals surface area contributed by atoms with Gasteiger partial charge in [-0.05, 0) is 24.9 Å². The van der Waals surface area contributed by atoms with Crippen molar-refractivity contribution in [2.24, 2.45) is 0 Å². The number of nitrogens with zero attached hydrogens (tertiary/aromatic N) is 2. The summed E-state index contributed by atoms with van der Waals surface area (Å²) in [4.78, 5) is 10.8. The molecule has 0 aliphatic carbocycles. The van der Waals surface area contributed by atoms with E-state index < -0.39 is 5.97 Å². The summed E-state index contributed by atoms with van der Waals surface area (Å²) in [6.45, 7) is 4.72. The fraction of sp³-hybridized carbons (Fsp3) is 0.600. The second-order valence-corrected chi connectivity index (χ2v) is 4.62. The molecule has 1 heterocycles. The predicted molar refractivity (Wildman–Crippen MR) is 61.5 cm³/mol. The summed E-state index contributed by atoms with van der Waals surface area (Å²) >= 11 is 1.89. The summed E-state index contributed by atoms with van der Waals surface area (Å²) in [5.74, 6) is 1.32. The van der Waals surface area contributed by atoms with Gasteiger partial charge in [0, 0.05) is 12.2 Å². The summed E-state index contributed by atoms with van der Waals surface area (Å²) < 4.78 is 1.76. The van der Waals surface area contributed by atoms with Crippen LogP contribution in [0.4, 0.5) is 0 Å². The number of aryl methyl sites for hydroxylation is 1. The molecule has 1 N–H and O–H groups in total. The standard InChI is InChI=1S/C10H16N2O2S/c1-3-15-6-4-5-12-8(2)9(7-11-12)10(13)14/h7H,3-6H2,1-2H3,(H,13,14). The minimum Gasteiger partial charge on any atom is -0.478 e. The molecule has 0 spiro atoms. The highest BCUT2D eigenvalue weighted by Crippen LogP contribution is 2.09. The van der Waals surface area contributed by atoms with Crippen LogP contribution in [0.1, 0.15) is 29.4 Å². The van der Waals surface area contributed by atoms with E-state index in [0.29, 0.717) is 5.56 Å². The van der Waals surface area contributed by atoms with Crippen LogP contribution in [-0.4, -0.2) is 32.4 Å². The lowest BCUT2D eigenvalue weighted by Gasteiger charge is -2.03. The summed E-state index contributed by atoms with van der Waals surface area (Å²) in [5, 5.41) is 12.9. The number of aromatic carboxylic acids is 1. The lowest BCUT2D eigenvalue weighted by atomic mass is 10.3. The maximum absolute atomic E-state index is 10.8. The van der Waals surface area contributed by atoms with Gasteiger partial charge in [-0.25, -0.2) is 4.79 Å². The first-order valence-corrected chi connectivity index (χ1v) is 6.15. The van der Waals surface area contributed by atoms with E-state index in [1.54, 1.807) is 11.6 Å². The van der Waals surface area contributed by atoms with Crippen molar-refractivity contribution < 1.29 is 9.90 Å². The molecule has 0 aromatic carbocycles. The normalized spacial score (nSPS) is 10.5. The van der Waals surface area contributed by atoms with Crippen LogP contribution in [0.5, 0.6) is 0 Å². The van der Waals surface area contributed by atoms with Crippen molar-refractivity contribution in [1.82, 2.24) is 9.78 Å². The van der Waals surface area contributed by atoms with E-state index in [9.17, 15) is 4.79 Å². The Labute approximate surface area is 93.7 Å². The highest BCUT2D eigenvalue weighted by molar-refractivity contribution is 7.99. The summed E-state index contributed by atoms with van der Waals surface area (Å²) in [6.07, 6.45) is 2.45. The van der Waals surface area contributed by atoms with E-state index in [-0.39, 0.29) is 0 Å². The maximum atomic E-state index is 10.8. The Balaban J connectivity index is 2.51. The molecule has 0 radical (unpaired) electrons. The van der Waals surface area contributed by atoms with Crippen LogP contribution in [0.3, 0.4) is 0 Å². The molecule has 84 valence electrons. The first-order chi connectivity index (χ1) is 7.16. The molecular weight excluding hydrogens is 212 g/mol. The lowest BCUT2D eigenvalue weighted by molar-refractivity contribution is 0.0696. The number of hydrogen-bond donors (Lipinski definition) is 1.